The van der Waals surface area contributed by atoms with Crippen molar-refractivity contribution >= 4 is 17.9 Å². The quantitative estimate of drug-likeness (QED) is 0.0269. The van der Waals surface area contributed by atoms with Crippen LogP contribution in [0.3, 0.4) is 0 Å². The first kappa shape index (κ1) is 51.1. The molecule has 0 bridgehead atoms. The molecule has 6 heteroatoms. The first-order valence-corrected chi connectivity index (χ1v) is 22.3. The lowest BCUT2D eigenvalue weighted by Crippen LogP contribution is -2.30. The molecule has 0 radical (unpaired) electrons. The van der Waals surface area contributed by atoms with Gasteiger partial charge in [-0.3, -0.25) is 14.4 Å². The molecule has 0 rings (SSSR count). The Kier molecular flexibility index (Phi) is 40.6. The summed E-state index contributed by atoms with van der Waals surface area (Å²) in [5, 5.41) is 0. The summed E-state index contributed by atoms with van der Waals surface area (Å²) in [7, 11) is 0. The Morgan fingerprint density at radius 2 is 0.741 bits per heavy atom. The van der Waals surface area contributed by atoms with Crippen LogP contribution >= 0.6 is 0 Å². The van der Waals surface area contributed by atoms with E-state index in [1.165, 1.54) is 64.2 Å². The van der Waals surface area contributed by atoms with E-state index in [-0.39, 0.29) is 31.1 Å². The number of carbonyl (C=O) groups excluding carboxylic acids is 3. The molecule has 0 aromatic heterocycles. The van der Waals surface area contributed by atoms with Crippen LogP contribution < -0.4 is 0 Å². The normalized spacial score (nSPS) is 12.6. The van der Waals surface area contributed by atoms with Gasteiger partial charge < -0.3 is 14.2 Å². The smallest absolute Gasteiger partial charge is 0.306 e. The molecule has 1 unspecified atom stereocenters. The van der Waals surface area contributed by atoms with Crippen molar-refractivity contribution in [2.24, 2.45) is 0 Å². The molecular weight excluding hydrogens is 673 g/mol. The van der Waals surface area contributed by atoms with Gasteiger partial charge in [-0.15, -0.1) is 0 Å². The molecule has 0 aliphatic rings. The summed E-state index contributed by atoms with van der Waals surface area (Å²) in [5.74, 6) is -0.979. The van der Waals surface area contributed by atoms with Crippen LogP contribution in [0.25, 0.3) is 0 Å². The molecule has 0 saturated heterocycles. The number of allylic oxidation sites excluding steroid dienone is 10. The molecule has 0 fully saturated rings. The van der Waals surface area contributed by atoms with Crippen LogP contribution in [0.5, 0.6) is 0 Å². The monoisotopic (exact) mass is 755 g/mol. The standard InChI is InChI=1S/C48H82O6/c1-4-7-10-13-16-19-21-23-25-26-29-32-35-38-41-47(50)53-44-45(43-52-46(49)40-37-34-31-28-18-15-12-9-6-3)54-48(51)42-39-36-33-30-27-24-22-20-17-14-11-8-5-2/h7,10,16,19,23-25,27-28,31,45H,4-6,8-9,11-15,17-18,20-22,26,29-30,32-44H2,1-3H3/b10-7-,19-16-,25-23-,27-24-,31-28-. The van der Waals surface area contributed by atoms with Crippen molar-refractivity contribution in [1.82, 2.24) is 0 Å². The molecule has 0 aromatic rings. The Hall–Kier alpha value is -2.89. The van der Waals surface area contributed by atoms with Gasteiger partial charge in [0.2, 0.25) is 0 Å². The number of unbranched alkanes of at least 4 members (excludes halogenated alkanes) is 18. The molecule has 1 atom stereocenters. The van der Waals surface area contributed by atoms with E-state index in [1.54, 1.807) is 0 Å². The lowest BCUT2D eigenvalue weighted by Gasteiger charge is -2.18. The zero-order valence-corrected chi connectivity index (χ0v) is 35.2. The SMILES string of the molecule is CC/C=C\C/C=C\C/C=C\CCCCCCC(=O)OCC(COC(=O)CCC/C=C\CCCCCC)OC(=O)CCCCC/C=C\CCCCCCCC. The summed E-state index contributed by atoms with van der Waals surface area (Å²) in [6, 6.07) is 0. The van der Waals surface area contributed by atoms with E-state index in [2.05, 4.69) is 81.5 Å². The van der Waals surface area contributed by atoms with Gasteiger partial charge in [-0.25, -0.2) is 0 Å². The molecule has 0 aliphatic heterocycles. The Morgan fingerprint density at radius 1 is 0.389 bits per heavy atom. The van der Waals surface area contributed by atoms with Gasteiger partial charge in [-0.2, -0.15) is 0 Å². The molecule has 0 aliphatic carbocycles. The molecule has 6 nitrogen and oxygen atoms in total. The van der Waals surface area contributed by atoms with Crippen LogP contribution in [-0.2, 0) is 28.6 Å². The van der Waals surface area contributed by atoms with Crippen LogP contribution in [0.4, 0.5) is 0 Å². The van der Waals surface area contributed by atoms with E-state index in [0.717, 1.165) is 96.3 Å². The molecule has 0 saturated carbocycles. The summed E-state index contributed by atoms with van der Waals surface area (Å²) in [5.41, 5.74) is 0. The average Bonchev–Trinajstić information content (AvgIpc) is 3.17. The highest BCUT2D eigenvalue weighted by atomic mass is 16.6. The maximum atomic E-state index is 12.7. The van der Waals surface area contributed by atoms with Crippen molar-refractivity contribution in [2.45, 2.75) is 213 Å². The van der Waals surface area contributed by atoms with E-state index >= 15 is 0 Å². The highest BCUT2D eigenvalue weighted by Crippen LogP contribution is 2.12. The van der Waals surface area contributed by atoms with Gasteiger partial charge in [0.25, 0.3) is 0 Å². The van der Waals surface area contributed by atoms with E-state index in [4.69, 9.17) is 14.2 Å². The Labute approximate surface area is 332 Å². The lowest BCUT2D eigenvalue weighted by molar-refractivity contribution is -0.167. The summed E-state index contributed by atoms with van der Waals surface area (Å²) < 4.78 is 16.6. The third kappa shape index (κ3) is 40.3. The largest absolute Gasteiger partial charge is 0.462 e. The first-order chi connectivity index (χ1) is 26.5. The highest BCUT2D eigenvalue weighted by molar-refractivity contribution is 5.71. The summed E-state index contributed by atoms with van der Waals surface area (Å²) in [6.45, 7) is 6.40. The second-order valence-corrected chi connectivity index (χ2v) is 14.6. The molecule has 0 N–H and O–H groups in total. The third-order valence-corrected chi connectivity index (χ3v) is 9.23. The molecule has 0 heterocycles. The van der Waals surface area contributed by atoms with Crippen molar-refractivity contribution in [2.75, 3.05) is 13.2 Å². The maximum absolute atomic E-state index is 12.7. The van der Waals surface area contributed by atoms with Crippen molar-refractivity contribution in [3.8, 4) is 0 Å². The van der Waals surface area contributed by atoms with Gasteiger partial charge in [0, 0.05) is 19.3 Å². The molecular formula is C48H82O6. The second kappa shape index (κ2) is 42.8. The lowest BCUT2D eigenvalue weighted by atomic mass is 10.1. The fraction of sp³-hybridized carbons (Fsp3) is 0.729. The first-order valence-electron chi connectivity index (χ1n) is 22.3. The second-order valence-electron chi connectivity index (χ2n) is 14.6. The fourth-order valence-corrected chi connectivity index (χ4v) is 5.86. The van der Waals surface area contributed by atoms with Crippen molar-refractivity contribution in [3.05, 3.63) is 60.8 Å². The van der Waals surface area contributed by atoms with Gasteiger partial charge in [0.05, 0.1) is 0 Å². The van der Waals surface area contributed by atoms with E-state index in [9.17, 15) is 14.4 Å². The topological polar surface area (TPSA) is 78.9 Å². The van der Waals surface area contributed by atoms with Crippen LogP contribution in [0.2, 0.25) is 0 Å². The van der Waals surface area contributed by atoms with Crippen LogP contribution in [0.1, 0.15) is 207 Å². The Morgan fingerprint density at radius 3 is 1.26 bits per heavy atom. The fourth-order valence-electron chi connectivity index (χ4n) is 5.86. The minimum Gasteiger partial charge on any atom is -0.462 e. The number of hydrogen-bond acceptors (Lipinski definition) is 6. The number of esters is 3. The number of rotatable bonds is 39. The van der Waals surface area contributed by atoms with Gasteiger partial charge in [0.1, 0.15) is 13.2 Å². The van der Waals surface area contributed by atoms with E-state index < -0.39 is 6.10 Å². The minimum atomic E-state index is -0.798. The third-order valence-electron chi connectivity index (χ3n) is 9.23. The zero-order valence-electron chi connectivity index (χ0n) is 35.2. The highest BCUT2D eigenvalue weighted by Gasteiger charge is 2.19. The molecule has 54 heavy (non-hydrogen) atoms. The minimum absolute atomic E-state index is 0.101. The van der Waals surface area contributed by atoms with Crippen molar-refractivity contribution in [3.63, 3.8) is 0 Å². The maximum Gasteiger partial charge on any atom is 0.306 e. The van der Waals surface area contributed by atoms with E-state index in [1.807, 2.05) is 0 Å². The van der Waals surface area contributed by atoms with Crippen LogP contribution in [0.15, 0.2) is 60.8 Å². The zero-order chi connectivity index (χ0) is 39.4. The predicted molar refractivity (Wildman–Crippen MR) is 228 cm³/mol. The molecule has 310 valence electrons. The molecule has 0 amide bonds. The Balaban J connectivity index is 4.45. The number of ether oxygens (including phenoxy) is 3. The number of carbonyl (C=O) groups is 3. The van der Waals surface area contributed by atoms with Crippen LogP contribution in [0, 0.1) is 0 Å². The van der Waals surface area contributed by atoms with Gasteiger partial charge in [-0.05, 0) is 96.3 Å². The predicted octanol–water partition coefficient (Wildman–Crippen LogP) is 14.1. The average molecular weight is 755 g/mol. The molecule has 0 spiro atoms. The van der Waals surface area contributed by atoms with Crippen molar-refractivity contribution in [1.29, 1.82) is 0 Å². The van der Waals surface area contributed by atoms with Gasteiger partial charge >= 0.3 is 17.9 Å². The van der Waals surface area contributed by atoms with Crippen LogP contribution in [-0.4, -0.2) is 37.2 Å². The van der Waals surface area contributed by atoms with Crippen molar-refractivity contribution < 1.29 is 28.6 Å². The summed E-state index contributed by atoms with van der Waals surface area (Å²) in [6.07, 6.45) is 50.7. The Bertz CT molecular complexity index is 1010. The molecule has 0 aromatic carbocycles. The van der Waals surface area contributed by atoms with E-state index in [0.29, 0.717) is 25.7 Å². The van der Waals surface area contributed by atoms with Gasteiger partial charge in [-0.1, -0.05) is 152 Å². The number of hydrogen-bond donors (Lipinski definition) is 0. The van der Waals surface area contributed by atoms with Gasteiger partial charge in [0.15, 0.2) is 6.10 Å². The summed E-state index contributed by atoms with van der Waals surface area (Å²) in [4.78, 5) is 37.6. The summed E-state index contributed by atoms with van der Waals surface area (Å²) >= 11 is 0.